The van der Waals surface area contributed by atoms with Crippen LogP contribution in [0.25, 0.3) is 0 Å². The Bertz CT molecular complexity index is 337. The molecule has 70 valence electrons. The third kappa shape index (κ3) is 1.69. The summed E-state index contributed by atoms with van der Waals surface area (Å²) in [5, 5.41) is 3.08. The lowest BCUT2D eigenvalue weighted by Crippen LogP contribution is -2.40. The molecule has 1 aromatic rings. The lowest BCUT2D eigenvalue weighted by Gasteiger charge is -2.28. The van der Waals surface area contributed by atoms with Gasteiger partial charge in [0.05, 0.1) is 3.57 Å². The van der Waals surface area contributed by atoms with Gasteiger partial charge in [-0.25, -0.2) is 8.78 Å². The van der Waals surface area contributed by atoms with Crippen LogP contribution in [0.1, 0.15) is 11.5 Å². The first-order valence-electron chi connectivity index (χ1n) is 4.03. The van der Waals surface area contributed by atoms with Crippen LogP contribution in [0, 0.1) is 15.2 Å². The van der Waals surface area contributed by atoms with E-state index in [1.54, 1.807) is 0 Å². The van der Waals surface area contributed by atoms with Crippen LogP contribution in [0.2, 0.25) is 0 Å². The van der Waals surface area contributed by atoms with Gasteiger partial charge in [0.1, 0.15) is 11.6 Å². The van der Waals surface area contributed by atoms with E-state index in [1.807, 2.05) is 22.6 Å². The van der Waals surface area contributed by atoms with Gasteiger partial charge in [-0.2, -0.15) is 0 Å². The van der Waals surface area contributed by atoms with E-state index in [-0.39, 0.29) is 5.92 Å². The number of nitrogens with one attached hydrogen (secondary N) is 1. The highest BCUT2D eigenvalue weighted by atomic mass is 127. The van der Waals surface area contributed by atoms with Gasteiger partial charge in [-0.15, -0.1) is 0 Å². The lowest BCUT2D eigenvalue weighted by atomic mass is 9.94. The van der Waals surface area contributed by atoms with Gasteiger partial charge in [-0.05, 0) is 34.2 Å². The zero-order valence-electron chi connectivity index (χ0n) is 6.78. The van der Waals surface area contributed by atoms with Crippen molar-refractivity contribution < 1.29 is 8.78 Å². The molecule has 1 fully saturated rings. The fourth-order valence-corrected chi connectivity index (χ4v) is 2.13. The van der Waals surface area contributed by atoms with Crippen molar-refractivity contribution >= 4 is 22.6 Å². The van der Waals surface area contributed by atoms with E-state index < -0.39 is 11.6 Å². The Morgan fingerprint density at radius 1 is 1.31 bits per heavy atom. The van der Waals surface area contributed by atoms with Gasteiger partial charge in [0.25, 0.3) is 0 Å². The van der Waals surface area contributed by atoms with E-state index >= 15 is 0 Å². The second-order valence-electron chi connectivity index (χ2n) is 3.15. The molecule has 13 heavy (non-hydrogen) atoms. The molecule has 0 amide bonds. The number of halogens is 3. The van der Waals surface area contributed by atoms with Crippen LogP contribution in [0.3, 0.4) is 0 Å². The summed E-state index contributed by atoms with van der Waals surface area (Å²) in [4.78, 5) is 0. The van der Waals surface area contributed by atoms with E-state index in [9.17, 15) is 8.78 Å². The largest absolute Gasteiger partial charge is 0.315 e. The summed E-state index contributed by atoms with van der Waals surface area (Å²) in [5.41, 5.74) is 0.789. The molecular weight excluding hydrogens is 287 g/mol. The monoisotopic (exact) mass is 295 g/mol. The molecule has 1 heterocycles. The molecule has 0 unspecified atom stereocenters. The van der Waals surface area contributed by atoms with Gasteiger partial charge in [0.15, 0.2) is 0 Å². The Morgan fingerprint density at radius 2 is 2.00 bits per heavy atom. The van der Waals surface area contributed by atoms with E-state index in [0.717, 1.165) is 24.7 Å². The predicted molar refractivity (Wildman–Crippen MR) is 54.7 cm³/mol. The third-order valence-electron chi connectivity index (χ3n) is 2.24. The van der Waals surface area contributed by atoms with Crippen molar-refractivity contribution in [2.45, 2.75) is 5.92 Å². The number of benzene rings is 1. The van der Waals surface area contributed by atoms with Crippen molar-refractivity contribution in [3.8, 4) is 0 Å². The summed E-state index contributed by atoms with van der Waals surface area (Å²) in [6.45, 7) is 1.64. The minimum absolute atomic E-state index is 0.275. The first-order chi connectivity index (χ1) is 6.18. The average molecular weight is 295 g/mol. The Morgan fingerprint density at radius 3 is 2.54 bits per heavy atom. The highest BCUT2D eigenvalue weighted by Crippen LogP contribution is 2.27. The first kappa shape index (κ1) is 9.33. The maximum atomic E-state index is 13.1. The van der Waals surface area contributed by atoms with E-state index in [0.29, 0.717) is 3.57 Å². The molecule has 1 N–H and O–H groups in total. The fraction of sp³-hybridized carbons (Fsp3) is 0.333. The summed E-state index contributed by atoms with van der Waals surface area (Å²) < 4.78 is 26.5. The minimum Gasteiger partial charge on any atom is -0.315 e. The molecule has 1 saturated heterocycles. The van der Waals surface area contributed by atoms with E-state index in [1.165, 1.54) is 6.07 Å². The minimum atomic E-state index is -0.486. The molecule has 1 aliphatic rings. The van der Waals surface area contributed by atoms with E-state index in [2.05, 4.69) is 5.32 Å². The molecule has 0 spiro atoms. The first-order valence-corrected chi connectivity index (χ1v) is 5.11. The molecule has 0 radical (unpaired) electrons. The van der Waals surface area contributed by atoms with Crippen molar-refractivity contribution in [3.05, 3.63) is 32.9 Å². The normalized spacial score (nSPS) is 17.2. The zero-order chi connectivity index (χ0) is 9.42. The molecule has 0 bridgehead atoms. The maximum Gasteiger partial charge on any atom is 0.139 e. The topological polar surface area (TPSA) is 12.0 Å². The van der Waals surface area contributed by atoms with Gasteiger partial charge >= 0.3 is 0 Å². The van der Waals surface area contributed by atoms with Crippen LogP contribution in [0.5, 0.6) is 0 Å². The second kappa shape index (κ2) is 3.49. The van der Waals surface area contributed by atoms with Gasteiger partial charge in [-0.1, -0.05) is 0 Å². The number of hydrogen-bond acceptors (Lipinski definition) is 1. The molecule has 1 nitrogen and oxygen atoms in total. The van der Waals surface area contributed by atoms with Crippen LogP contribution in [-0.4, -0.2) is 13.1 Å². The van der Waals surface area contributed by atoms with Crippen LogP contribution in [0.15, 0.2) is 12.1 Å². The average Bonchev–Trinajstić information content (AvgIpc) is 1.95. The summed E-state index contributed by atoms with van der Waals surface area (Å²) in [6.07, 6.45) is 0. The Hall–Kier alpha value is -0.230. The van der Waals surface area contributed by atoms with Crippen molar-refractivity contribution in [3.63, 3.8) is 0 Å². The summed E-state index contributed by atoms with van der Waals surface area (Å²) in [6, 6.07) is 2.35. The van der Waals surface area contributed by atoms with Crippen LogP contribution >= 0.6 is 22.6 Å². The van der Waals surface area contributed by atoms with Crippen LogP contribution in [-0.2, 0) is 0 Å². The lowest BCUT2D eigenvalue weighted by molar-refractivity contribution is 0.441. The molecule has 0 saturated carbocycles. The molecule has 1 aliphatic heterocycles. The highest BCUT2D eigenvalue weighted by molar-refractivity contribution is 14.1. The van der Waals surface area contributed by atoms with Crippen LogP contribution < -0.4 is 5.32 Å². The fourth-order valence-electron chi connectivity index (χ4n) is 1.38. The molecule has 1 aromatic carbocycles. The number of hydrogen-bond donors (Lipinski definition) is 1. The second-order valence-corrected chi connectivity index (χ2v) is 4.22. The third-order valence-corrected chi connectivity index (χ3v) is 3.38. The van der Waals surface area contributed by atoms with Gasteiger partial charge in [-0.3, -0.25) is 0 Å². The SMILES string of the molecule is Fc1cc(F)c(I)c(C2CNC2)c1. The predicted octanol–water partition coefficient (Wildman–Crippen LogP) is 2.26. The quantitative estimate of drug-likeness (QED) is 0.619. The standard InChI is InChI=1S/C9H8F2IN/c10-6-1-7(5-3-13-4-5)9(12)8(11)2-6/h1-2,5,13H,3-4H2. The van der Waals surface area contributed by atoms with Gasteiger partial charge in [0.2, 0.25) is 0 Å². The molecule has 0 atom stereocenters. The summed E-state index contributed by atoms with van der Waals surface area (Å²) in [5.74, 6) is -0.667. The molecule has 0 aliphatic carbocycles. The summed E-state index contributed by atoms with van der Waals surface area (Å²) in [7, 11) is 0. The Labute approximate surface area is 88.7 Å². The van der Waals surface area contributed by atoms with Crippen LogP contribution in [0.4, 0.5) is 8.78 Å². The number of rotatable bonds is 1. The Balaban J connectivity index is 2.42. The van der Waals surface area contributed by atoms with E-state index in [4.69, 9.17) is 0 Å². The molecular formula is C9H8F2IN. The Kier molecular flexibility index (Phi) is 2.51. The molecule has 0 aromatic heterocycles. The molecule has 2 rings (SSSR count). The van der Waals surface area contributed by atoms with Gasteiger partial charge < -0.3 is 5.32 Å². The van der Waals surface area contributed by atoms with Crippen molar-refractivity contribution in [2.24, 2.45) is 0 Å². The van der Waals surface area contributed by atoms with Crippen molar-refractivity contribution in [1.29, 1.82) is 0 Å². The molecule has 4 heteroatoms. The van der Waals surface area contributed by atoms with Crippen molar-refractivity contribution in [1.82, 2.24) is 5.32 Å². The highest BCUT2D eigenvalue weighted by Gasteiger charge is 2.23. The maximum absolute atomic E-state index is 13.1. The summed E-state index contributed by atoms with van der Waals surface area (Å²) >= 11 is 1.92. The zero-order valence-corrected chi connectivity index (χ0v) is 8.94. The van der Waals surface area contributed by atoms with Crippen molar-refractivity contribution in [2.75, 3.05) is 13.1 Å². The smallest absolute Gasteiger partial charge is 0.139 e. The van der Waals surface area contributed by atoms with Gasteiger partial charge in [0, 0.05) is 25.1 Å².